The van der Waals surface area contributed by atoms with Crippen molar-refractivity contribution in [3.63, 3.8) is 0 Å². The number of rotatable bonds is 12. The highest BCUT2D eigenvalue weighted by Gasteiger charge is 2.53. The number of cyclic esters (lactones) is 1. The molecule has 20 nitrogen and oxygen atoms in total. The Labute approximate surface area is 447 Å². The van der Waals surface area contributed by atoms with E-state index in [9.17, 15) is 64.5 Å². The van der Waals surface area contributed by atoms with Gasteiger partial charge >= 0.3 is 5.97 Å². The second-order valence-corrected chi connectivity index (χ2v) is 22.1. The number of ether oxygens (including phenoxy) is 5. The Hall–Kier alpha value is -4.06. The van der Waals surface area contributed by atoms with E-state index < -0.39 is 133 Å². The predicted octanol–water partition coefficient (Wildman–Crippen LogP) is 2.48. The number of fused-ring (bicyclic) bond motifs is 3. The van der Waals surface area contributed by atoms with Gasteiger partial charge in [0.15, 0.2) is 11.9 Å². The Morgan fingerprint density at radius 2 is 1.57 bits per heavy atom. The first-order valence-corrected chi connectivity index (χ1v) is 27.0. The monoisotopic (exact) mass is 1080 g/mol. The molecular formula is C56H88N2O18. The molecule has 3 aliphatic heterocycles. The number of hydrogen-bond acceptors (Lipinski definition) is 18. The van der Waals surface area contributed by atoms with Crippen molar-refractivity contribution in [3.8, 4) is 0 Å². The number of aliphatic hydroxyl groups is 7. The molecule has 19 atom stereocenters. The van der Waals surface area contributed by atoms with Crippen LogP contribution in [0.4, 0.5) is 0 Å². The third-order valence-corrected chi connectivity index (χ3v) is 16.0. The van der Waals surface area contributed by atoms with Crippen LogP contribution < -0.4 is 5.73 Å². The van der Waals surface area contributed by atoms with E-state index in [4.69, 9.17) is 29.4 Å². The fraction of sp³-hybridized carbons (Fsp3) is 0.750. The lowest BCUT2D eigenvalue weighted by atomic mass is 9.78. The minimum atomic E-state index is -2.65. The first kappa shape index (κ1) is 64.5. The number of piperidine rings is 1. The third-order valence-electron chi connectivity index (χ3n) is 16.0. The second-order valence-electron chi connectivity index (χ2n) is 22.1. The van der Waals surface area contributed by atoms with Crippen molar-refractivity contribution in [3.05, 3.63) is 47.6 Å². The summed E-state index contributed by atoms with van der Waals surface area (Å²) in [6.07, 6.45) is -0.546. The molecule has 1 saturated carbocycles. The van der Waals surface area contributed by atoms with E-state index in [1.54, 1.807) is 65.0 Å². The van der Waals surface area contributed by atoms with Crippen molar-refractivity contribution in [2.24, 2.45) is 41.2 Å². The van der Waals surface area contributed by atoms with Gasteiger partial charge in [0.05, 0.1) is 31.0 Å². The molecule has 76 heavy (non-hydrogen) atoms. The maximum atomic E-state index is 14.5. The van der Waals surface area contributed by atoms with Crippen LogP contribution in [0.3, 0.4) is 0 Å². The molecular weight excluding hydrogens is 989 g/mol. The summed E-state index contributed by atoms with van der Waals surface area (Å²) in [7, 11) is 2.87. The average molecular weight is 1080 g/mol. The first-order valence-electron chi connectivity index (χ1n) is 27.0. The van der Waals surface area contributed by atoms with Crippen LogP contribution in [0, 0.1) is 35.5 Å². The summed E-state index contributed by atoms with van der Waals surface area (Å²) >= 11 is 0. The number of methoxy groups -OCH3 is 2. The molecule has 0 aromatic heterocycles. The molecule has 3 fully saturated rings. The zero-order valence-corrected chi connectivity index (χ0v) is 45.9. The van der Waals surface area contributed by atoms with Crippen molar-refractivity contribution in [1.29, 1.82) is 0 Å². The highest BCUT2D eigenvalue weighted by atomic mass is 16.6. The lowest BCUT2D eigenvalue weighted by Gasteiger charge is -2.43. The molecule has 0 radical (unpaired) electrons. The van der Waals surface area contributed by atoms with E-state index >= 15 is 0 Å². The highest BCUT2D eigenvalue weighted by Crippen LogP contribution is 2.38. The predicted molar refractivity (Wildman–Crippen MR) is 277 cm³/mol. The number of amides is 2. The van der Waals surface area contributed by atoms with Crippen LogP contribution in [0.1, 0.15) is 126 Å². The van der Waals surface area contributed by atoms with Gasteiger partial charge in [-0.15, -0.1) is 0 Å². The number of ketones is 3. The number of Topliss-reactive ketones (excluding diaryl/α,β-unsaturated/α-hetero) is 3. The second kappa shape index (κ2) is 29.8. The summed E-state index contributed by atoms with van der Waals surface area (Å²) < 4.78 is 29.6. The van der Waals surface area contributed by atoms with Gasteiger partial charge in [0.2, 0.25) is 11.7 Å². The molecule has 0 aromatic carbocycles. The van der Waals surface area contributed by atoms with E-state index in [-0.39, 0.29) is 62.1 Å². The molecule has 2 amide bonds. The number of nitrogens with zero attached hydrogens (tertiary/aromatic N) is 1. The topological polar surface area (TPSA) is 319 Å². The molecule has 20 heteroatoms. The molecule has 1 aliphatic carbocycles. The Balaban J connectivity index is 1.74. The smallest absolute Gasteiger partial charge is 0.329 e. The zero-order chi connectivity index (χ0) is 56.8. The maximum absolute atomic E-state index is 14.5. The molecule has 0 aromatic rings. The van der Waals surface area contributed by atoms with Gasteiger partial charge in [-0.25, -0.2) is 4.79 Å². The fourth-order valence-electron chi connectivity index (χ4n) is 10.9. The molecule has 2 bridgehead atoms. The van der Waals surface area contributed by atoms with Crippen molar-refractivity contribution < 1.29 is 88.2 Å². The molecule has 430 valence electrons. The summed E-state index contributed by atoms with van der Waals surface area (Å²) in [5.74, 6) is -10.6. The highest BCUT2D eigenvalue weighted by molar-refractivity contribution is 6.39. The average Bonchev–Trinajstić information content (AvgIpc) is 3.39. The van der Waals surface area contributed by atoms with Gasteiger partial charge in [0, 0.05) is 51.4 Å². The minimum absolute atomic E-state index is 0.0196. The number of primary amides is 1. The summed E-state index contributed by atoms with van der Waals surface area (Å²) in [5.41, 5.74) is 5.94. The van der Waals surface area contributed by atoms with E-state index in [1.165, 1.54) is 14.2 Å². The normalized spacial score (nSPS) is 38.0. The quantitative estimate of drug-likeness (QED) is 0.0791. The van der Waals surface area contributed by atoms with Gasteiger partial charge in [-0.05, 0) is 107 Å². The number of carbonyl (C=O) groups is 6. The Bertz CT molecular complexity index is 2090. The Morgan fingerprint density at radius 3 is 2.22 bits per heavy atom. The van der Waals surface area contributed by atoms with Gasteiger partial charge in [-0.3, -0.25) is 24.0 Å². The van der Waals surface area contributed by atoms with E-state index in [2.05, 4.69) is 0 Å². The summed E-state index contributed by atoms with van der Waals surface area (Å²) in [6, 6.07) is -1.26. The van der Waals surface area contributed by atoms with E-state index in [1.807, 2.05) is 19.9 Å². The van der Waals surface area contributed by atoms with Crippen LogP contribution in [0.25, 0.3) is 0 Å². The van der Waals surface area contributed by atoms with Gasteiger partial charge < -0.3 is 70.1 Å². The van der Waals surface area contributed by atoms with Crippen molar-refractivity contribution in [2.45, 2.75) is 204 Å². The van der Waals surface area contributed by atoms with E-state index in [0.29, 0.717) is 56.1 Å². The van der Waals surface area contributed by atoms with Crippen LogP contribution >= 0.6 is 0 Å². The van der Waals surface area contributed by atoms with Crippen molar-refractivity contribution >= 4 is 35.1 Å². The Kier molecular flexibility index (Phi) is 25.3. The standard InChI is InChI=1S/C56H88N2O18/c1-30-15-11-10-12-16-31(2)43(74-29-42(61)48(64)49(65)50(66)53(57)68)27-38-20-18-36(7)56(71,76-38)52(67)54(69)58-22-14-13-17-39(58)55(70)75-44(33(4)25-37-19-21-40(59)45(26-37)72-8)28-41(60)32(3)24-35(6)47(63)51(73-9)46(62)34(5)23-30/h10-12,15-16,24,30,32-34,36-40,42-45,47-51,59,61,63-66,71H,13-14,17-23,25-29H2,1-9H3,(H2,57,68)/b12-10+,15-11+,31-16+,35-24+/t30-,32-,33-,34-,36-,37+,38+,39?,40-,42+,43?,44+,45-,47-,48+,49-,50-,51+,56-/m1/s1. The number of aliphatic hydroxyl groups excluding tert-OH is 6. The van der Waals surface area contributed by atoms with Crippen LogP contribution in [0.2, 0.25) is 0 Å². The maximum Gasteiger partial charge on any atom is 0.329 e. The number of nitrogens with two attached hydrogens (primary N) is 1. The molecule has 0 spiro atoms. The van der Waals surface area contributed by atoms with Gasteiger partial charge in [0.1, 0.15) is 48.4 Å². The molecule has 4 aliphatic rings. The number of allylic oxidation sites excluding steroid dienone is 6. The minimum Gasteiger partial charge on any atom is -0.460 e. The molecule has 9 N–H and O–H groups in total. The summed E-state index contributed by atoms with van der Waals surface area (Å²) in [6.45, 7) is 11.4. The van der Waals surface area contributed by atoms with Crippen LogP contribution in [0.5, 0.6) is 0 Å². The molecule has 2 unspecified atom stereocenters. The zero-order valence-electron chi connectivity index (χ0n) is 45.9. The lowest BCUT2D eigenvalue weighted by Crippen LogP contribution is -2.61. The first-order chi connectivity index (χ1) is 35.7. The van der Waals surface area contributed by atoms with Gasteiger partial charge in [0.25, 0.3) is 11.7 Å². The Morgan fingerprint density at radius 1 is 0.868 bits per heavy atom. The molecule has 4 rings (SSSR count). The summed E-state index contributed by atoms with van der Waals surface area (Å²) in [4.78, 5) is 84.0. The lowest BCUT2D eigenvalue weighted by molar-refractivity contribution is -0.266. The molecule has 3 heterocycles. The number of esters is 1. The van der Waals surface area contributed by atoms with Gasteiger partial charge in [-0.1, -0.05) is 71.1 Å². The van der Waals surface area contributed by atoms with Crippen LogP contribution in [0.15, 0.2) is 47.6 Å². The summed E-state index contributed by atoms with van der Waals surface area (Å²) in [5, 5.41) is 75.7. The van der Waals surface area contributed by atoms with Gasteiger partial charge in [-0.2, -0.15) is 0 Å². The van der Waals surface area contributed by atoms with E-state index in [0.717, 1.165) is 4.90 Å². The number of carbonyl (C=O) groups excluding carboxylic acids is 6. The fourth-order valence-corrected chi connectivity index (χ4v) is 10.9. The number of hydrogen-bond donors (Lipinski definition) is 8. The van der Waals surface area contributed by atoms with Crippen LogP contribution in [-0.2, 0) is 52.5 Å². The third kappa shape index (κ3) is 17.2. The van der Waals surface area contributed by atoms with Crippen molar-refractivity contribution in [2.75, 3.05) is 27.4 Å². The van der Waals surface area contributed by atoms with Crippen LogP contribution in [-0.4, -0.2) is 182 Å². The largest absolute Gasteiger partial charge is 0.460 e. The SMILES string of the molecule is CO[C@@H]1C[C@H](C[C@@H](C)[C@@H]2CC(=O)[C@H](C)/C=C(\C)[C@@H](O)[C@@H](OC)C(=O)[C@H](C)C[C@H](C)/C=C/C=C/C=C(\C)C(OC[C@H](O)[C@H](O)[C@@H](O)[C@@H](O)C(N)=O)C[C@@H]3CC[C@@H](C)[C@@](O)(O3)C(=O)C(=O)N3CCCCC3C(=O)O2)CC[C@H]1O. The van der Waals surface area contributed by atoms with Crippen molar-refractivity contribution in [1.82, 2.24) is 4.90 Å². The molecule has 2 saturated heterocycles.